The maximum atomic E-state index is 7.01. The van der Waals surface area contributed by atoms with Gasteiger partial charge in [-0.1, -0.05) is 140 Å². The summed E-state index contributed by atoms with van der Waals surface area (Å²) in [5.74, 6) is 2.70. The Balaban J connectivity index is 1.26. The maximum absolute atomic E-state index is 7.01. The molecule has 0 spiro atoms. The van der Waals surface area contributed by atoms with Crippen LogP contribution in [0.25, 0.3) is 33.6 Å². The SMILES string of the molecule is CC1(c2ccccc2)c2cc(-c3cnc(-c4ccccc4)nc3)ccc2-c2c1ccc1c2Oc2ccccc2[Si]1(C)c1ccccc1. The Morgan fingerprint density at radius 3 is 1.98 bits per heavy atom. The summed E-state index contributed by atoms with van der Waals surface area (Å²) >= 11 is 0. The minimum Gasteiger partial charge on any atom is -0.457 e. The van der Waals surface area contributed by atoms with Gasteiger partial charge in [-0.2, -0.15) is 0 Å². The number of rotatable bonds is 4. The van der Waals surface area contributed by atoms with Crippen molar-refractivity contribution < 1.29 is 4.74 Å². The highest BCUT2D eigenvalue weighted by atomic mass is 28.3. The molecular formula is C43H32N2OSi. The van der Waals surface area contributed by atoms with Crippen LogP contribution >= 0.6 is 0 Å². The first kappa shape index (κ1) is 27.7. The van der Waals surface area contributed by atoms with Crippen LogP contribution in [0.3, 0.4) is 0 Å². The normalized spacial score (nSPS) is 18.8. The lowest BCUT2D eigenvalue weighted by Gasteiger charge is -2.37. The molecule has 4 heteroatoms. The second kappa shape index (κ2) is 10.5. The second-order valence-electron chi connectivity index (χ2n) is 12.9. The standard InChI is InChI=1S/C43H32N2OSi/c1-43(32-16-8-4-9-17-32)35-24-25-39-41(46-37-20-12-13-21-38(37)47(39,2)33-18-10-5-11-19-33)40(35)34-23-22-30(26-36(34)43)31-27-44-42(45-28-31)29-14-6-3-7-15-29/h3-28H,1-2H3. The van der Waals surface area contributed by atoms with Gasteiger partial charge in [0, 0.05) is 34.5 Å². The van der Waals surface area contributed by atoms with Crippen molar-refractivity contribution in [1.82, 2.24) is 9.97 Å². The molecule has 0 bridgehead atoms. The van der Waals surface area contributed by atoms with E-state index in [0.717, 1.165) is 34.0 Å². The van der Waals surface area contributed by atoms with Gasteiger partial charge < -0.3 is 4.74 Å². The minimum absolute atomic E-state index is 0.382. The number of nitrogens with zero attached hydrogens (tertiary/aromatic N) is 2. The fraction of sp³-hybridized carbons (Fsp3) is 0.0698. The highest BCUT2D eigenvalue weighted by molar-refractivity contribution is 7.11. The van der Waals surface area contributed by atoms with E-state index in [-0.39, 0.29) is 5.41 Å². The van der Waals surface area contributed by atoms with E-state index in [1.54, 1.807) is 0 Å². The average molecular weight is 621 g/mol. The van der Waals surface area contributed by atoms with Crippen LogP contribution in [-0.4, -0.2) is 18.0 Å². The Morgan fingerprint density at radius 2 is 1.23 bits per heavy atom. The summed E-state index contributed by atoms with van der Waals surface area (Å²) in [6.07, 6.45) is 3.88. The number of hydrogen-bond donors (Lipinski definition) is 0. The Labute approximate surface area is 276 Å². The van der Waals surface area contributed by atoms with Crippen LogP contribution in [0, 0.1) is 0 Å². The lowest BCUT2D eigenvalue weighted by Crippen LogP contribution is -2.66. The Kier molecular flexibility index (Phi) is 6.18. The Bertz CT molecular complexity index is 2290. The van der Waals surface area contributed by atoms with Crippen LogP contribution in [0.15, 0.2) is 158 Å². The molecule has 9 rings (SSSR count). The van der Waals surface area contributed by atoms with E-state index < -0.39 is 8.07 Å². The zero-order valence-corrected chi connectivity index (χ0v) is 27.3. The van der Waals surface area contributed by atoms with Crippen LogP contribution in [0.4, 0.5) is 0 Å². The van der Waals surface area contributed by atoms with Crippen molar-refractivity contribution in [3.63, 3.8) is 0 Å². The molecular weight excluding hydrogens is 589 g/mol. The molecule has 47 heavy (non-hydrogen) atoms. The summed E-state index contributed by atoms with van der Waals surface area (Å²) < 4.78 is 7.01. The van der Waals surface area contributed by atoms with Gasteiger partial charge in [-0.15, -0.1) is 0 Å². The largest absolute Gasteiger partial charge is 0.457 e. The monoisotopic (exact) mass is 620 g/mol. The molecule has 2 heterocycles. The molecule has 1 aliphatic carbocycles. The van der Waals surface area contributed by atoms with Crippen molar-refractivity contribution in [3.8, 4) is 45.1 Å². The predicted octanol–water partition coefficient (Wildman–Crippen LogP) is 8.35. The van der Waals surface area contributed by atoms with Crippen molar-refractivity contribution in [2.45, 2.75) is 18.9 Å². The van der Waals surface area contributed by atoms with E-state index in [2.05, 4.69) is 129 Å². The minimum atomic E-state index is -2.38. The van der Waals surface area contributed by atoms with Gasteiger partial charge in [0.2, 0.25) is 0 Å². The van der Waals surface area contributed by atoms with E-state index in [1.165, 1.54) is 43.4 Å². The number of fused-ring (bicyclic) bond motifs is 6. The zero-order valence-electron chi connectivity index (χ0n) is 26.3. The van der Waals surface area contributed by atoms with E-state index >= 15 is 0 Å². The highest BCUT2D eigenvalue weighted by Crippen LogP contribution is 2.56. The van der Waals surface area contributed by atoms with Gasteiger partial charge >= 0.3 is 0 Å². The first-order chi connectivity index (χ1) is 23.1. The molecule has 2 atom stereocenters. The van der Waals surface area contributed by atoms with Gasteiger partial charge in [0.1, 0.15) is 11.5 Å². The fourth-order valence-electron chi connectivity index (χ4n) is 7.87. The number of para-hydroxylation sites is 1. The van der Waals surface area contributed by atoms with Gasteiger partial charge in [-0.3, -0.25) is 0 Å². The van der Waals surface area contributed by atoms with E-state index in [1.807, 2.05) is 42.7 Å². The molecule has 0 radical (unpaired) electrons. The molecule has 2 aliphatic rings. The average Bonchev–Trinajstić information content (AvgIpc) is 3.41. The first-order valence-corrected chi connectivity index (χ1v) is 18.7. The summed E-state index contributed by atoms with van der Waals surface area (Å²) in [4.78, 5) is 9.50. The van der Waals surface area contributed by atoms with Crippen LogP contribution < -0.4 is 20.3 Å². The molecule has 1 aromatic heterocycles. The fourth-order valence-corrected chi connectivity index (χ4v) is 11.7. The molecule has 3 nitrogen and oxygen atoms in total. The molecule has 0 saturated carbocycles. The van der Waals surface area contributed by atoms with Crippen LogP contribution in [0.2, 0.25) is 6.55 Å². The molecule has 0 N–H and O–H groups in total. The van der Waals surface area contributed by atoms with Gasteiger partial charge in [0.05, 0.1) is 0 Å². The molecule has 224 valence electrons. The second-order valence-corrected chi connectivity index (χ2v) is 16.8. The van der Waals surface area contributed by atoms with Crippen molar-refractivity contribution in [3.05, 3.63) is 175 Å². The molecule has 0 saturated heterocycles. The lowest BCUT2D eigenvalue weighted by molar-refractivity contribution is 0.488. The molecule has 0 amide bonds. The number of hydrogen-bond acceptors (Lipinski definition) is 3. The third-order valence-electron chi connectivity index (χ3n) is 10.4. The number of aromatic nitrogens is 2. The van der Waals surface area contributed by atoms with Gasteiger partial charge in [0.15, 0.2) is 13.9 Å². The van der Waals surface area contributed by atoms with E-state index in [4.69, 9.17) is 14.7 Å². The molecule has 7 aromatic rings. The Morgan fingerprint density at radius 1 is 0.574 bits per heavy atom. The Hall–Kier alpha value is -5.58. The summed E-state index contributed by atoms with van der Waals surface area (Å²) in [6, 6.07) is 52.3. The smallest absolute Gasteiger partial charge is 0.159 e. The highest BCUT2D eigenvalue weighted by Gasteiger charge is 2.48. The molecule has 6 aromatic carbocycles. The zero-order chi connectivity index (χ0) is 31.6. The predicted molar refractivity (Wildman–Crippen MR) is 194 cm³/mol. The van der Waals surface area contributed by atoms with Crippen molar-refractivity contribution in [2.75, 3.05) is 0 Å². The molecule has 2 unspecified atom stereocenters. The van der Waals surface area contributed by atoms with E-state index in [9.17, 15) is 0 Å². The van der Waals surface area contributed by atoms with Gasteiger partial charge in [-0.25, -0.2) is 9.97 Å². The van der Waals surface area contributed by atoms with Crippen molar-refractivity contribution in [2.24, 2.45) is 0 Å². The topological polar surface area (TPSA) is 35.0 Å². The van der Waals surface area contributed by atoms with Gasteiger partial charge in [-0.05, 0) is 62.4 Å². The third-order valence-corrected chi connectivity index (χ3v) is 14.9. The third kappa shape index (κ3) is 4.05. The van der Waals surface area contributed by atoms with E-state index in [0.29, 0.717) is 0 Å². The van der Waals surface area contributed by atoms with Crippen molar-refractivity contribution in [1.29, 1.82) is 0 Å². The first-order valence-electron chi connectivity index (χ1n) is 16.2. The van der Waals surface area contributed by atoms with Crippen molar-refractivity contribution >= 4 is 23.6 Å². The molecule has 0 fully saturated rings. The van der Waals surface area contributed by atoms with Crippen LogP contribution in [0.1, 0.15) is 23.6 Å². The summed E-state index contributed by atoms with van der Waals surface area (Å²) in [5, 5.41) is 4.02. The van der Waals surface area contributed by atoms with Crippen LogP contribution in [0.5, 0.6) is 11.5 Å². The summed E-state index contributed by atoms with van der Waals surface area (Å²) in [7, 11) is -2.38. The number of benzene rings is 6. The quantitative estimate of drug-likeness (QED) is 0.186. The van der Waals surface area contributed by atoms with Gasteiger partial charge in [0.25, 0.3) is 0 Å². The maximum Gasteiger partial charge on any atom is 0.159 e. The summed E-state index contributed by atoms with van der Waals surface area (Å²) in [6.45, 7) is 4.84. The number of ether oxygens (including phenoxy) is 1. The van der Waals surface area contributed by atoms with Crippen LogP contribution in [-0.2, 0) is 5.41 Å². The summed E-state index contributed by atoms with van der Waals surface area (Å²) in [5.41, 5.74) is 8.94. The molecule has 1 aliphatic heterocycles. The lowest BCUT2D eigenvalue weighted by atomic mass is 9.74.